The fraction of sp³-hybridized carbons (Fsp3) is 0.625. The molecule has 6 heterocycles. The van der Waals surface area contributed by atoms with Crippen LogP contribution in [0.2, 0.25) is 0 Å². The van der Waals surface area contributed by atoms with Crippen LogP contribution in [-0.2, 0) is 9.59 Å². The number of carbonyl (C=O) groups is 2. The second-order valence-corrected chi connectivity index (χ2v) is 23.6. The molecular formula is C64H94N4O2S2. The number of unbranched alkanes of at least 4 members (excludes halogenated alkanes) is 24. The average Bonchev–Trinajstić information content (AvgIpc) is 4.21. The maximum Gasteiger partial charge on any atom is 0.261 e. The molecule has 8 heteroatoms. The first-order chi connectivity index (χ1) is 35.5. The van der Waals surface area contributed by atoms with Crippen LogP contribution in [-0.4, -0.2) is 44.7 Å². The highest BCUT2D eigenvalue weighted by Gasteiger charge is 2.50. The van der Waals surface area contributed by atoms with Crippen molar-refractivity contribution in [1.82, 2.24) is 19.8 Å². The van der Waals surface area contributed by atoms with Crippen molar-refractivity contribution in [2.75, 3.05) is 13.1 Å². The molecule has 2 aliphatic rings. The van der Waals surface area contributed by atoms with Gasteiger partial charge in [-0.3, -0.25) is 19.6 Å². The lowest BCUT2D eigenvalue weighted by molar-refractivity contribution is -0.124. The smallest absolute Gasteiger partial charge is 0.261 e. The van der Waals surface area contributed by atoms with Gasteiger partial charge in [0, 0.05) is 25.5 Å². The Balaban J connectivity index is 1.37. The number of aromatic nitrogens is 2. The van der Waals surface area contributed by atoms with Gasteiger partial charge in [0.1, 0.15) is 0 Å². The summed E-state index contributed by atoms with van der Waals surface area (Å²) < 4.78 is 0. The first kappa shape index (κ1) is 57.4. The third kappa shape index (κ3) is 17.6. The van der Waals surface area contributed by atoms with Crippen molar-refractivity contribution < 1.29 is 9.59 Å². The van der Waals surface area contributed by atoms with Gasteiger partial charge in [-0.2, -0.15) is 0 Å². The van der Waals surface area contributed by atoms with Gasteiger partial charge in [0.2, 0.25) is 0 Å². The molecule has 0 N–H and O–H groups in total. The van der Waals surface area contributed by atoms with Crippen molar-refractivity contribution >= 4 is 45.9 Å². The summed E-state index contributed by atoms with van der Waals surface area (Å²) in [6, 6.07) is 20.7. The third-order valence-corrected chi connectivity index (χ3v) is 17.7. The van der Waals surface area contributed by atoms with Crippen LogP contribution < -0.4 is 0 Å². The topological polar surface area (TPSA) is 66.4 Å². The normalized spacial score (nSPS) is 14.7. The van der Waals surface area contributed by atoms with Crippen LogP contribution in [0.1, 0.15) is 243 Å². The Labute approximate surface area is 446 Å². The van der Waals surface area contributed by atoms with Gasteiger partial charge in [0.05, 0.1) is 53.4 Å². The number of rotatable bonds is 40. The largest absolute Gasteiger partial charge is 0.306 e. The standard InChI is InChI=1S/C64H94N4O2S2/c1-5-9-13-17-21-23-27-31-39-51(37-29-25-19-15-11-7-3)49-67-61(57-45-43-55(71-57)53-41-33-35-47-65-53)59-60(63(67)69)62(58-46-44-56(72-58)54-42-34-36-48-66-54)68(64(59)70)50-52(38-30-26-20-16-12-8-4)40-32-28-24-22-18-14-10-6-2/h33-36,41-48,51-52H,5-32,37-40,49-50H2,1-4H3. The lowest BCUT2D eigenvalue weighted by atomic mass is 9.93. The number of amides is 2. The van der Waals surface area contributed by atoms with Crippen molar-refractivity contribution in [3.8, 4) is 21.1 Å². The van der Waals surface area contributed by atoms with Crippen LogP contribution in [0.3, 0.4) is 0 Å². The minimum absolute atomic E-state index is 0.00541. The molecule has 0 fully saturated rings. The fourth-order valence-corrected chi connectivity index (χ4v) is 13.3. The van der Waals surface area contributed by atoms with Gasteiger partial charge in [-0.15, -0.1) is 22.7 Å². The third-order valence-electron chi connectivity index (χ3n) is 15.4. The van der Waals surface area contributed by atoms with Gasteiger partial charge in [-0.1, -0.05) is 220 Å². The van der Waals surface area contributed by atoms with Crippen LogP contribution in [0.5, 0.6) is 0 Å². The van der Waals surface area contributed by atoms with Crippen LogP contribution in [0.4, 0.5) is 0 Å². The van der Waals surface area contributed by atoms with Gasteiger partial charge in [0.15, 0.2) is 0 Å². The molecule has 4 aromatic heterocycles. The van der Waals surface area contributed by atoms with Crippen molar-refractivity contribution in [2.45, 2.75) is 233 Å². The highest BCUT2D eigenvalue weighted by atomic mass is 32.1. The Morgan fingerprint density at radius 1 is 0.375 bits per heavy atom. The SMILES string of the molecule is CCCCCCCCCCC(CCCCCCCC)CN1C(=O)C2=C(c3ccc(-c4ccccn4)s3)N(CC(CCCCCCCC)CCCCCCCCCC)C(=O)C2=C1c1ccc(-c2ccccn2)s1. The molecule has 2 atom stereocenters. The van der Waals surface area contributed by atoms with E-state index in [0.29, 0.717) is 36.1 Å². The summed E-state index contributed by atoms with van der Waals surface area (Å²) in [7, 11) is 0. The summed E-state index contributed by atoms with van der Waals surface area (Å²) in [5, 5.41) is 0. The summed E-state index contributed by atoms with van der Waals surface area (Å²) >= 11 is 3.34. The van der Waals surface area contributed by atoms with Crippen LogP contribution in [0.25, 0.3) is 32.5 Å². The molecule has 0 bridgehead atoms. The molecule has 2 unspecified atom stereocenters. The van der Waals surface area contributed by atoms with E-state index < -0.39 is 0 Å². The molecule has 6 nitrogen and oxygen atoms in total. The molecular weight excluding hydrogens is 921 g/mol. The molecule has 0 aliphatic carbocycles. The van der Waals surface area contributed by atoms with E-state index in [9.17, 15) is 0 Å². The number of thiophene rings is 2. The Kier molecular flexibility index (Phi) is 26.4. The van der Waals surface area contributed by atoms with Gasteiger partial charge < -0.3 is 9.80 Å². The van der Waals surface area contributed by atoms with Gasteiger partial charge in [-0.25, -0.2) is 0 Å². The van der Waals surface area contributed by atoms with Crippen LogP contribution >= 0.6 is 22.7 Å². The first-order valence-corrected chi connectivity index (χ1v) is 31.3. The minimum Gasteiger partial charge on any atom is -0.306 e. The second kappa shape index (κ2) is 33.1. The van der Waals surface area contributed by atoms with E-state index in [-0.39, 0.29) is 11.8 Å². The van der Waals surface area contributed by atoms with E-state index in [0.717, 1.165) is 68.0 Å². The molecule has 0 saturated carbocycles. The Morgan fingerprint density at radius 3 is 0.958 bits per heavy atom. The molecule has 4 aromatic rings. The van der Waals surface area contributed by atoms with E-state index in [1.807, 2.05) is 36.7 Å². The number of hydrogen-bond acceptors (Lipinski definition) is 6. The van der Waals surface area contributed by atoms with Crippen molar-refractivity contribution in [3.05, 3.63) is 94.0 Å². The molecule has 0 spiro atoms. The monoisotopic (exact) mass is 1010 g/mol. The van der Waals surface area contributed by atoms with E-state index in [2.05, 4.69) is 73.9 Å². The summed E-state index contributed by atoms with van der Waals surface area (Å²) in [5.74, 6) is 0.744. The van der Waals surface area contributed by atoms with E-state index in [4.69, 9.17) is 9.97 Å². The van der Waals surface area contributed by atoms with Gasteiger partial charge >= 0.3 is 0 Å². The molecule has 6 rings (SSSR count). The zero-order chi connectivity index (χ0) is 50.6. The average molecular weight is 1020 g/mol. The number of carbonyl (C=O) groups excluding carboxylic acids is 2. The lowest BCUT2D eigenvalue weighted by Crippen LogP contribution is -2.34. The quantitative estimate of drug-likeness (QED) is 0.0417. The number of hydrogen-bond donors (Lipinski definition) is 0. The molecule has 394 valence electrons. The molecule has 0 radical (unpaired) electrons. The highest BCUT2D eigenvalue weighted by Crippen LogP contribution is 2.50. The highest BCUT2D eigenvalue weighted by molar-refractivity contribution is 7.17. The maximum atomic E-state index is 15.8. The van der Waals surface area contributed by atoms with Gasteiger partial charge in [-0.05, 0) is 86.1 Å². The molecule has 2 aliphatic heterocycles. The summed E-state index contributed by atoms with van der Waals surface area (Å²) in [6.45, 7) is 10.4. The van der Waals surface area contributed by atoms with Gasteiger partial charge in [0.25, 0.3) is 11.8 Å². The Morgan fingerprint density at radius 2 is 0.667 bits per heavy atom. The number of pyridine rings is 2. The van der Waals surface area contributed by atoms with Crippen LogP contribution in [0.15, 0.2) is 84.2 Å². The maximum absolute atomic E-state index is 15.8. The Bertz CT molecular complexity index is 2050. The van der Waals surface area contributed by atoms with Crippen LogP contribution in [0, 0.1) is 11.8 Å². The molecule has 0 aromatic carbocycles. The van der Waals surface area contributed by atoms with Crippen molar-refractivity contribution in [2.24, 2.45) is 11.8 Å². The molecule has 72 heavy (non-hydrogen) atoms. The van der Waals surface area contributed by atoms with Crippen molar-refractivity contribution in [1.29, 1.82) is 0 Å². The molecule has 2 amide bonds. The van der Waals surface area contributed by atoms with E-state index in [1.54, 1.807) is 22.7 Å². The fourth-order valence-electron chi connectivity index (χ4n) is 11.2. The molecule has 0 saturated heterocycles. The van der Waals surface area contributed by atoms with E-state index >= 15 is 9.59 Å². The first-order valence-electron chi connectivity index (χ1n) is 29.6. The zero-order valence-corrected chi connectivity index (χ0v) is 47.2. The predicted octanol–water partition coefficient (Wildman–Crippen LogP) is 19.5. The second-order valence-electron chi connectivity index (χ2n) is 21.4. The van der Waals surface area contributed by atoms with E-state index in [1.165, 1.54) is 180 Å². The summed E-state index contributed by atoms with van der Waals surface area (Å²) in [6.07, 6.45) is 44.0. The summed E-state index contributed by atoms with van der Waals surface area (Å²) in [4.78, 5) is 49.4. The number of fused-ring (bicyclic) bond motifs is 1. The Hall–Kier alpha value is -3.88. The number of nitrogens with zero attached hydrogens (tertiary/aromatic N) is 4. The van der Waals surface area contributed by atoms with Crippen molar-refractivity contribution in [3.63, 3.8) is 0 Å². The zero-order valence-electron chi connectivity index (χ0n) is 45.5. The predicted molar refractivity (Wildman–Crippen MR) is 310 cm³/mol. The minimum atomic E-state index is 0.00541. The lowest BCUT2D eigenvalue weighted by Gasteiger charge is -2.29. The summed E-state index contributed by atoms with van der Waals surface area (Å²) in [5.41, 5.74) is 4.73.